The van der Waals surface area contributed by atoms with Crippen LogP contribution in [0.5, 0.6) is 0 Å². The predicted molar refractivity (Wildman–Crippen MR) is 50.1 cm³/mol. The Morgan fingerprint density at radius 2 is 2.08 bits per heavy atom. The molecule has 3 nitrogen and oxygen atoms in total. The first-order valence-corrected chi connectivity index (χ1v) is 4.18. The van der Waals surface area contributed by atoms with Gasteiger partial charge in [0.1, 0.15) is 5.78 Å². The number of allylic oxidation sites excluding steroid dienone is 3. The highest BCUT2D eigenvalue weighted by molar-refractivity contribution is 6.04. The minimum Gasteiger partial charge on any atom is -0.390 e. The lowest BCUT2D eigenvalue weighted by molar-refractivity contribution is -0.118. The highest BCUT2D eigenvalue weighted by Gasteiger charge is 2.24. The lowest BCUT2D eigenvalue weighted by Crippen LogP contribution is -2.27. The highest BCUT2D eigenvalue weighted by Crippen LogP contribution is 2.23. The fourth-order valence-corrected chi connectivity index (χ4v) is 1.59. The van der Waals surface area contributed by atoms with Gasteiger partial charge in [0.05, 0.1) is 5.92 Å². The summed E-state index contributed by atoms with van der Waals surface area (Å²) in [6.07, 6.45) is 2.98. The van der Waals surface area contributed by atoms with Crippen LogP contribution in [0.4, 0.5) is 0 Å². The minimum atomic E-state index is -0.261. The van der Waals surface area contributed by atoms with Gasteiger partial charge in [-0.25, -0.2) is 0 Å². The van der Waals surface area contributed by atoms with Gasteiger partial charge in [0.2, 0.25) is 0 Å². The standard InChI is InChI=1S/C10H13NO2/c1-6-4-8(13)5-9(11-3)10(6)7(2)12/h4-5,10-11H,1-3H3. The van der Waals surface area contributed by atoms with Crippen LogP contribution in [0, 0.1) is 5.92 Å². The van der Waals surface area contributed by atoms with E-state index in [9.17, 15) is 9.59 Å². The van der Waals surface area contributed by atoms with Crippen molar-refractivity contribution >= 4 is 11.6 Å². The van der Waals surface area contributed by atoms with E-state index in [0.29, 0.717) is 5.70 Å². The third-order valence-electron chi connectivity index (χ3n) is 2.13. The molecule has 0 radical (unpaired) electrons. The topological polar surface area (TPSA) is 46.2 Å². The fraction of sp³-hybridized carbons (Fsp3) is 0.400. The van der Waals surface area contributed by atoms with Crippen LogP contribution in [0.3, 0.4) is 0 Å². The van der Waals surface area contributed by atoms with Crippen molar-refractivity contribution < 1.29 is 9.59 Å². The van der Waals surface area contributed by atoms with Crippen LogP contribution < -0.4 is 5.32 Å². The third kappa shape index (κ3) is 1.86. The van der Waals surface area contributed by atoms with E-state index in [1.54, 1.807) is 14.0 Å². The zero-order chi connectivity index (χ0) is 10.0. The number of nitrogens with one attached hydrogen (secondary N) is 1. The molecule has 0 amide bonds. The number of rotatable bonds is 2. The molecule has 1 rings (SSSR count). The monoisotopic (exact) mass is 179 g/mol. The van der Waals surface area contributed by atoms with E-state index in [1.807, 2.05) is 0 Å². The van der Waals surface area contributed by atoms with E-state index in [-0.39, 0.29) is 17.5 Å². The minimum absolute atomic E-state index is 0.0562. The Morgan fingerprint density at radius 3 is 2.54 bits per heavy atom. The molecule has 3 heteroatoms. The molecule has 0 aromatic rings. The van der Waals surface area contributed by atoms with Crippen LogP contribution >= 0.6 is 0 Å². The molecule has 1 atom stereocenters. The quantitative estimate of drug-likeness (QED) is 0.682. The second kappa shape index (κ2) is 3.56. The molecule has 0 aliphatic heterocycles. The van der Waals surface area contributed by atoms with Crippen LogP contribution in [0.25, 0.3) is 0 Å². The van der Waals surface area contributed by atoms with Crippen molar-refractivity contribution in [1.29, 1.82) is 0 Å². The van der Waals surface area contributed by atoms with Gasteiger partial charge in [-0.3, -0.25) is 9.59 Å². The normalized spacial score (nSPS) is 22.1. The molecular formula is C10H13NO2. The molecule has 1 N–H and O–H groups in total. The van der Waals surface area contributed by atoms with Crippen LogP contribution in [-0.4, -0.2) is 18.6 Å². The van der Waals surface area contributed by atoms with E-state index in [1.165, 1.54) is 19.1 Å². The first-order chi connectivity index (χ1) is 6.06. The number of hydrogen-bond acceptors (Lipinski definition) is 3. The van der Waals surface area contributed by atoms with Crippen LogP contribution in [-0.2, 0) is 9.59 Å². The summed E-state index contributed by atoms with van der Waals surface area (Å²) in [6, 6.07) is 0. The maximum Gasteiger partial charge on any atom is 0.180 e. The van der Waals surface area contributed by atoms with Crippen molar-refractivity contribution in [3.63, 3.8) is 0 Å². The zero-order valence-corrected chi connectivity index (χ0v) is 8.05. The average Bonchev–Trinajstić information content (AvgIpc) is 2.01. The molecule has 0 fully saturated rings. The van der Waals surface area contributed by atoms with E-state index in [0.717, 1.165) is 5.57 Å². The van der Waals surface area contributed by atoms with Gasteiger partial charge >= 0.3 is 0 Å². The molecule has 0 spiro atoms. The number of carbonyl (C=O) groups is 2. The Balaban J connectivity index is 3.05. The second-order valence-electron chi connectivity index (χ2n) is 3.18. The van der Waals surface area contributed by atoms with Crippen molar-refractivity contribution in [2.75, 3.05) is 7.05 Å². The SMILES string of the molecule is CNC1=CC(=O)C=C(C)C1C(C)=O. The molecule has 0 aromatic carbocycles. The third-order valence-corrected chi connectivity index (χ3v) is 2.13. The van der Waals surface area contributed by atoms with Crippen molar-refractivity contribution in [3.05, 3.63) is 23.4 Å². The molecule has 0 heterocycles. The summed E-state index contributed by atoms with van der Waals surface area (Å²) in [5.74, 6) is -0.260. The molecule has 0 aromatic heterocycles. The van der Waals surface area contributed by atoms with E-state index in [4.69, 9.17) is 0 Å². The van der Waals surface area contributed by atoms with E-state index >= 15 is 0 Å². The number of hydrogen-bond donors (Lipinski definition) is 1. The Morgan fingerprint density at radius 1 is 1.46 bits per heavy atom. The van der Waals surface area contributed by atoms with Crippen molar-refractivity contribution in [3.8, 4) is 0 Å². The summed E-state index contributed by atoms with van der Waals surface area (Å²) in [4.78, 5) is 22.4. The first kappa shape index (κ1) is 9.71. The molecule has 0 bridgehead atoms. The molecule has 13 heavy (non-hydrogen) atoms. The molecule has 1 aliphatic carbocycles. The molecular weight excluding hydrogens is 166 g/mol. The lowest BCUT2D eigenvalue weighted by atomic mass is 9.88. The number of carbonyl (C=O) groups excluding carboxylic acids is 2. The fourth-order valence-electron chi connectivity index (χ4n) is 1.59. The van der Waals surface area contributed by atoms with E-state index < -0.39 is 0 Å². The molecule has 1 unspecified atom stereocenters. The van der Waals surface area contributed by atoms with Crippen molar-refractivity contribution in [2.45, 2.75) is 13.8 Å². The second-order valence-corrected chi connectivity index (χ2v) is 3.18. The predicted octanol–water partition coefficient (Wildman–Crippen LogP) is 0.824. The van der Waals surface area contributed by atoms with Crippen LogP contribution in [0.2, 0.25) is 0 Å². The Kier molecular flexibility index (Phi) is 2.66. The Hall–Kier alpha value is -1.38. The van der Waals surface area contributed by atoms with Crippen molar-refractivity contribution in [1.82, 2.24) is 5.32 Å². The van der Waals surface area contributed by atoms with Gasteiger partial charge in [-0.2, -0.15) is 0 Å². The van der Waals surface area contributed by atoms with Gasteiger partial charge in [-0.15, -0.1) is 0 Å². The summed E-state index contributed by atoms with van der Waals surface area (Å²) in [5, 5.41) is 2.87. The summed E-state index contributed by atoms with van der Waals surface area (Å²) in [6.45, 7) is 3.33. The number of ketones is 2. The average molecular weight is 179 g/mol. The van der Waals surface area contributed by atoms with Gasteiger partial charge < -0.3 is 5.32 Å². The molecule has 0 saturated carbocycles. The maximum atomic E-state index is 11.3. The Labute approximate surface area is 77.5 Å². The lowest BCUT2D eigenvalue weighted by Gasteiger charge is -2.21. The highest BCUT2D eigenvalue weighted by atomic mass is 16.1. The summed E-state index contributed by atoms with van der Waals surface area (Å²) in [7, 11) is 1.72. The largest absolute Gasteiger partial charge is 0.390 e. The van der Waals surface area contributed by atoms with Crippen LogP contribution in [0.15, 0.2) is 23.4 Å². The van der Waals surface area contributed by atoms with Crippen LogP contribution in [0.1, 0.15) is 13.8 Å². The smallest absolute Gasteiger partial charge is 0.180 e. The summed E-state index contributed by atoms with van der Waals surface area (Å²) < 4.78 is 0. The zero-order valence-electron chi connectivity index (χ0n) is 8.05. The van der Waals surface area contributed by atoms with Crippen molar-refractivity contribution in [2.24, 2.45) is 5.92 Å². The summed E-state index contributed by atoms with van der Waals surface area (Å²) >= 11 is 0. The van der Waals surface area contributed by atoms with Gasteiger partial charge in [-0.05, 0) is 19.9 Å². The Bertz CT molecular complexity index is 313. The first-order valence-electron chi connectivity index (χ1n) is 4.18. The van der Waals surface area contributed by atoms with Gasteiger partial charge in [0.15, 0.2) is 5.78 Å². The van der Waals surface area contributed by atoms with Gasteiger partial charge in [0, 0.05) is 18.8 Å². The maximum absolute atomic E-state index is 11.3. The van der Waals surface area contributed by atoms with Gasteiger partial charge in [0.25, 0.3) is 0 Å². The molecule has 0 saturated heterocycles. The van der Waals surface area contributed by atoms with Gasteiger partial charge in [-0.1, -0.05) is 5.57 Å². The summed E-state index contributed by atoms with van der Waals surface area (Å²) in [5.41, 5.74) is 1.50. The molecule has 70 valence electrons. The van der Waals surface area contributed by atoms with E-state index in [2.05, 4.69) is 5.32 Å². The molecule has 1 aliphatic rings. The number of Topliss-reactive ketones (excluding diaryl/α,β-unsaturated/α-hetero) is 1.